The highest BCUT2D eigenvalue weighted by Crippen LogP contribution is 2.42. The van der Waals surface area contributed by atoms with Crippen molar-refractivity contribution >= 4 is 17.6 Å². The number of carbonyl (C=O) groups excluding carboxylic acids is 2. The molecule has 9 heteroatoms. The quantitative estimate of drug-likeness (QED) is 0.320. The molecule has 0 bridgehead atoms. The number of aromatic hydroxyl groups is 1. The van der Waals surface area contributed by atoms with Crippen LogP contribution in [0, 0.1) is 5.82 Å². The average Bonchev–Trinajstić information content (AvgIpc) is 3.66. The van der Waals surface area contributed by atoms with Gasteiger partial charge in [0.15, 0.2) is 0 Å². The van der Waals surface area contributed by atoms with Crippen LogP contribution < -0.4 is 15.4 Å². The van der Waals surface area contributed by atoms with Crippen molar-refractivity contribution < 1.29 is 23.8 Å². The molecule has 1 aromatic heterocycles. The number of amides is 2. The second-order valence-electron chi connectivity index (χ2n) is 8.78. The molecule has 0 aliphatic heterocycles. The van der Waals surface area contributed by atoms with Gasteiger partial charge in [-0.05, 0) is 49.2 Å². The lowest BCUT2D eigenvalue weighted by atomic mass is 10.1. The van der Waals surface area contributed by atoms with E-state index in [1.807, 2.05) is 0 Å². The summed E-state index contributed by atoms with van der Waals surface area (Å²) in [5.74, 6) is -0.239. The molecule has 188 valence electrons. The van der Waals surface area contributed by atoms with E-state index in [2.05, 4.69) is 15.7 Å². The second-order valence-corrected chi connectivity index (χ2v) is 8.78. The van der Waals surface area contributed by atoms with Crippen molar-refractivity contribution in [2.75, 3.05) is 12.4 Å². The number of hydrogen-bond donors (Lipinski definition) is 3. The maximum Gasteiger partial charge on any atom is 0.342 e. The summed E-state index contributed by atoms with van der Waals surface area (Å²) in [5, 5.41) is 20.7. The van der Waals surface area contributed by atoms with Gasteiger partial charge in [0.05, 0.1) is 24.1 Å². The molecule has 4 aromatic rings. The van der Waals surface area contributed by atoms with Crippen molar-refractivity contribution in [2.45, 2.75) is 25.3 Å². The van der Waals surface area contributed by atoms with Crippen molar-refractivity contribution in [3.8, 4) is 22.8 Å². The Morgan fingerprint density at radius 1 is 1.08 bits per heavy atom. The molecule has 0 unspecified atom stereocenters. The zero-order chi connectivity index (χ0) is 25.9. The summed E-state index contributed by atoms with van der Waals surface area (Å²) in [5.41, 5.74) is 2.69. The van der Waals surface area contributed by atoms with E-state index >= 15 is 0 Å². The van der Waals surface area contributed by atoms with Crippen LogP contribution in [0.25, 0.3) is 11.3 Å². The number of nitrogens with one attached hydrogen (secondary N) is 2. The molecule has 37 heavy (non-hydrogen) atoms. The monoisotopic (exact) mass is 500 g/mol. The molecule has 1 aliphatic rings. The Kier molecular flexibility index (Phi) is 6.59. The predicted molar refractivity (Wildman–Crippen MR) is 136 cm³/mol. The fourth-order valence-electron chi connectivity index (χ4n) is 4.10. The van der Waals surface area contributed by atoms with Gasteiger partial charge >= 0.3 is 6.03 Å². The van der Waals surface area contributed by atoms with Gasteiger partial charge in [-0.2, -0.15) is 9.78 Å². The van der Waals surface area contributed by atoms with Crippen molar-refractivity contribution in [1.29, 1.82) is 0 Å². The van der Waals surface area contributed by atoms with Crippen LogP contribution in [0.3, 0.4) is 0 Å². The Bertz CT molecular complexity index is 1480. The van der Waals surface area contributed by atoms with Gasteiger partial charge in [0, 0.05) is 35.3 Å². The van der Waals surface area contributed by atoms with E-state index in [1.165, 1.54) is 23.9 Å². The minimum absolute atomic E-state index is 0.0245. The Morgan fingerprint density at radius 3 is 2.57 bits per heavy atom. The lowest BCUT2D eigenvalue weighted by Crippen LogP contribution is -2.30. The number of benzene rings is 3. The van der Waals surface area contributed by atoms with Crippen LogP contribution in [0.5, 0.6) is 11.5 Å². The fraction of sp³-hybridized carbons (Fsp3) is 0.179. The molecule has 0 radical (unpaired) electrons. The van der Waals surface area contributed by atoms with Crippen LogP contribution in [-0.4, -0.2) is 33.9 Å². The number of rotatable bonds is 7. The van der Waals surface area contributed by atoms with Gasteiger partial charge in [-0.1, -0.05) is 30.3 Å². The lowest BCUT2D eigenvalue weighted by molar-refractivity contribution is 0.102. The Balaban J connectivity index is 1.35. The molecule has 1 saturated carbocycles. The number of halogens is 1. The number of aromatic nitrogens is 2. The largest absolute Gasteiger partial charge is 0.507 e. The van der Waals surface area contributed by atoms with Gasteiger partial charge in [-0.25, -0.2) is 9.18 Å². The minimum atomic E-state index is -0.475. The standard InChI is InChI=1S/C28H25FN4O4/c1-37-26-9-5-3-7-21(26)27(35)31-19-12-13-20(25(34)14-19)23-15-24(17-10-11-17)33(32-23)28(36)30-16-18-6-2-4-8-22(18)29/h2-9,12-15,17,34H,10-11,16H2,1H3,(H,30,36)(H,31,35). The van der Waals surface area contributed by atoms with Gasteiger partial charge in [0.1, 0.15) is 17.3 Å². The van der Waals surface area contributed by atoms with Crippen LogP contribution >= 0.6 is 0 Å². The van der Waals surface area contributed by atoms with Crippen LogP contribution in [-0.2, 0) is 6.54 Å². The number of ether oxygens (including phenoxy) is 1. The number of methoxy groups -OCH3 is 1. The van der Waals surface area contributed by atoms with E-state index in [-0.39, 0.29) is 24.1 Å². The first-order valence-corrected chi connectivity index (χ1v) is 11.8. The molecule has 1 aliphatic carbocycles. The van der Waals surface area contributed by atoms with Crippen molar-refractivity contribution in [3.63, 3.8) is 0 Å². The third-order valence-electron chi connectivity index (χ3n) is 6.20. The van der Waals surface area contributed by atoms with Crippen molar-refractivity contribution in [2.24, 2.45) is 0 Å². The van der Waals surface area contributed by atoms with Gasteiger partial charge in [-0.3, -0.25) is 4.79 Å². The van der Waals surface area contributed by atoms with Crippen LogP contribution in [0.2, 0.25) is 0 Å². The maximum absolute atomic E-state index is 13.9. The van der Waals surface area contributed by atoms with Gasteiger partial charge in [0.25, 0.3) is 5.91 Å². The van der Waals surface area contributed by atoms with Crippen LogP contribution in [0.4, 0.5) is 14.9 Å². The Morgan fingerprint density at radius 2 is 1.84 bits per heavy atom. The van der Waals surface area contributed by atoms with Crippen molar-refractivity contribution in [1.82, 2.24) is 15.1 Å². The van der Waals surface area contributed by atoms with Gasteiger partial charge < -0.3 is 20.5 Å². The maximum atomic E-state index is 13.9. The topological polar surface area (TPSA) is 105 Å². The Labute approximate surface area is 212 Å². The molecule has 0 atom stereocenters. The molecule has 1 fully saturated rings. The van der Waals surface area contributed by atoms with Crippen LogP contribution in [0.1, 0.15) is 40.4 Å². The molecular formula is C28H25FN4O4. The van der Waals surface area contributed by atoms with E-state index in [9.17, 15) is 19.1 Å². The van der Waals surface area contributed by atoms with E-state index in [0.29, 0.717) is 33.8 Å². The predicted octanol–water partition coefficient (Wildman–Crippen LogP) is 5.29. The minimum Gasteiger partial charge on any atom is -0.507 e. The molecule has 2 amide bonds. The third-order valence-corrected chi connectivity index (χ3v) is 6.20. The zero-order valence-electron chi connectivity index (χ0n) is 20.1. The summed E-state index contributed by atoms with van der Waals surface area (Å²) < 4.78 is 20.5. The second kappa shape index (κ2) is 10.1. The number of phenols is 1. The van der Waals surface area contributed by atoms with E-state index in [0.717, 1.165) is 18.5 Å². The van der Waals surface area contributed by atoms with Gasteiger partial charge in [-0.15, -0.1) is 0 Å². The molecule has 0 saturated heterocycles. The smallest absolute Gasteiger partial charge is 0.342 e. The molecule has 3 aromatic carbocycles. The number of carbonyl (C=O) groups is 2. The molecule has 0 spiro atoms. The Hall–Kier alpha value is -4.66. The normalized spacial score (nSPS) is 12.7. The third kappa shape index (κ3) is 5.16. The number of para-hydroxylation sites is 1. The summed E-state index contributed by atoms with van der Waals surface area (Å²) >= 11 is 0. The van der Waals surface area contributed by atoms with E-state index < -0.39 is 11.8 Å². The molecule has 8 nitrogen and oxygen atoms in total. The molecule has 1 heterocycles. The zero-order valence-corrected chi connectivity index (χ0v) is 20.1. The number of phenolic OH excluding ortho intramolecular Hbond substituents is 1. The summed E-state index contributed by atoms with van der Waals surface area (Å²) in [6, 6.07) is 19.1. The van der Waals surface area contributed by atoms with E-state index in [1.54, 1.807) is 60.7 Å². The average molecular weight is 501 g/mol. The first-order valence-electron chi connectivity index (χ1n) is 11.8. The van der Waals surface area contributed by atoms with Crippen LogP contribution in [0.15, 0.2) is 72.8 Å². The lowest BCUT2D eigenvalue weighted by Gasteiger charge is -2.10. The molecular weight excluding hydrogens is 475 g/mol. The highest BCUT2D eigenvalue weighted by molar-refractivity contribution is 6.06. The highest BCUT2D eigenvalue weighted by atomic mass is 19.1. The number of anilines is 1. The SMILES string of the molecule is COc1ccccc1C(=O)Nc1ccc(-c2cc(C3CC3)n(C(=O)NCc3ccccc3F)n2)c(O)c1. The first-order chi connectivity index (χ1) is 17.9. The molecule has 5 rings (SSSR count). The summed E-state index contributed by atoms with van der Waals surface area (Å²) in [6.45, 7) is 0.0245. The first kappa shape index (κ1) is 24.1. The summed E-state index contributed by atoms with van der Waals surface area (Å²) in [4.78, 5) is 25.6. The van der Waals surface area contributed by atoms with Gasteiger partial charge in [0.2, 0.25) is 0 Å². The summed E-state index contributed by atoms with van der Waals surface area (Å²) in [6.07, 6.45) is 1.87. The number of nitrogens with zero attached hydrogens (tertiary/aromatic N) is 2. The van der Waals surface area contributed by atoms with E-state index in [4.69, 9.17) is 4.74 Å². The number of hydrogen-bond acceptors (Lipinski definition) is 5. The molecule has 3 N–H and O–H groups in total. The van der Waals surface area contributed by atoms with Crippen molar-refractivity contribution in [3.05, 3.63) is 95.4 Å². The summed E-state index contributed by atoms with van der Waals surface area (Å²) in [7, 11) is 1.49. The highest BCUT2D eigenvalue weighted by Gasteiger charge is 2.31. The fourth-order valence-corrected chi connectivity index (χ4v) is 4.10.